The molecule has 0 N–H and O–H groups in total. The molecule has 307 valence electrons. The van der Waals surface area contributed by atoms with Crippen LogP contribution in [0.25, 0.3) is 33.5 Å². The van der Waals surface area contributed by atoms with Crippen molar-refractivity contribution in [3.63, 3.8) is 0 Å². The first-order valence-corrected chi connectivity index (χ1v) is 20.1. The minimum Gasteiger partial charge on any atom is -1.00 e. The first kappa shape index (κ1) is 52.4. The maximum Gasteiger partial charge on any atom is 0.213 e. The highest BCUT2D eigenvalue weighted by molar-refractivity contribution is 7.17. The summed E-state index contributed by atoms with van der Waals surface area (Å²) < 4.78 is 4.55. The molecule has 0 aliphatic carbocycles. The second-order valence-electron chi connectivity index (χ2n) is 13.5. The molecule has 0 saturated heterocycles. The van der Waals surface area contributed by atoms with Crippen molar-refractivity contribution in [1.82, 2.24) is 0 Å². The van der Waals surface area contributed by atoms with Crippen molar-refractivity contribution in [2.24, 2.45) is 4.99 Å². The molecule has 0 amide bonds. The fourth-order valence-electron chi connectivity index (χ4n) is 6.80. The zero-order valence-corrected chi connectivity index (χ0v) is 39.4. The van der Waals surface area contributed by atoms with E-state index < -0.39 is 0 Å². The summed E-state index contributed by atoms with van der Waals surface area (Å²) in [7, 11) is 10.0. The van der Waals surface area contributed by atoms with Crippen LogP contribution in [0.1, 0.15) is 50.5 Å². The first-order chi connectivity index (χ1) is 28.5. The van der Waals surface area contributed by atoms with Gasteiger partial charge in [0.2, 0.25) is 11.0 Å². The largest absolute Gasteiger partial charge is 1.00 e. The number of allylic oxidation sites excluding steroid dienone is 4. The fraction of sp³-hybridized carbons (Fsp3) is 0.173. The van der Waals surface area contributed by atoms with Gasteiger partial charge < -0.3 is 52.9 Å². The number of rotatable bonds is 8. The monoisotopic (exact) mass is 1020 g/mol. The average Bonchev–Trinajstić information content (AvgIpc) is 3.28. The van der Waals surface area contributed by atoms with E-state index in [4.69, 9.17) is 0 Å². The Morgan fingerprint density at radius 2 is 1.20 bits per heavy atom. The van der Waals surface area contributed by atoms with Gasteiger partial charge in [0, 0.05) is 88.8 Å². The lowest BCUT2D eigenvalue weighted by molar-refractivity contribution is -0.668. The standard InChI is InChI=1S/C25H25N2.C14H13N.C12H14N.CH4.B3.2HI/c1-3-26-18-16-20(22-12-5-7-14-24(22)26)10-9-11-21-17-19-27(4-2)25-15-8-6-13-23(21)25;1-3-7-13(8-4-1)11-12-15-14-9-5-2-6-10-14;1-3-13-9-8-10(2)11-6-4-5-7-12(11)13;;1-3-2;;/h5-19H,3-4H2,1-2H3;1-10,12H,11H2;4-9H,3H2,1-2H3;1H4;;2*1H/q+1;;+1;;;;/p-2. The number of pyridine rings is 2. The summed E-state index contributed by atoms with van der Waals surface area (Å²) in [5, 5.41) is 2.64. The van der Waals surface area contributed by atoms with Crippen molar-refractivity contribution in [3.05, 3.63) is 205 Å². The first-order valence-electron chi connectivity index (χ1n) is 20.1. The van der Waals surface area contributed by atoms with Crippen molar-refractivity contribution in [2.45, 2.75) is 54.6 Å². The topological polar surface area (TPSA) is 23.4 Å². The molecule has 0 atom stereocenters. The third kappa shape index (κ3) is 15.3. The van der Waals surface area contributed by atoms with Crippen LogP contribution in [0.15, 0.2) is 187 Å². The van der Waals surface area contributed by atoms with Crippen molar-refractivity contribution in [2.75, 3.05) is 11.4 Å². The van der Waals surface area contributed by atoms with Crippen LogP contribution in [0.2, 0.25) is 0 Å². The molecule has 5 aromatic carbocycles. The third-order valence-electron chi connectivity index (χ3n) is 9.80. The number of nitrogens with zero attached hydrogens (tertiary/aromatic N) is 4. The van der Waals surface area contributed by atoms with Crippen LogP contribution in [0.5, 0.6) is 0 Å². The lowest BCUT2D eigenvalue weighted by Crippen LogP contribution is -3.00. The highest BCUT2D eigenvalue weighted by Gasteiger charge is 2.14. The number of benzene rings is 5. The molecule has 7 aromatic rings. The minimum absolute atomic E-state index is 0. The van der Waals surface area contributed by atoms with Gasteiger partial charge in [-0.25, -0.2) is 0 Å². The number of fused-ring (bicyclic) bond motifs is 3. The Morgan fingerprint density at radius 3 is 1.84 bits per heavy atom. The van der Waals surface area contributed by atoms with E-state index in [0.717, 1.165) is 38.8 Å². The predicted molar refractivity (Wildman–Crippen MR) is 259 cm³/mol. The van der Waals surface area contributed by atoms with Gasteiger partial charge in [-0.3, -0.25) is 4.99 Å². The Balaban J connectivity index is 0.000000322. The summed E-state index contributed by atoms with van der Waals surface area (Å²) in [6.45, 7) is 11.7. The quantitative estimate of drug-likeness (QED) is 0.0892. The van der Waals surface area contributed by atoms with Crippen LogP contribution < -0.4 is 62.0 Å². The van der Waals surface area contributed by atoms with Crippen LogP contribution in [-0.4, -0.2) is 35.3 Å². The molecule has 0 saturated carbocycles. The van der Waals surface area contributed by atoms with Crippen LogP contribution in [0, 0.1) is 6.92 Å². The summed E-state index contributed by atoms with van der Waals surface area (Å²) in [5.74, 6) is 0. The van der Waals surface area contributed by atoms with Gasteiger partial charge in [-0.1, -0.05) is 117 Å². The number of aromatic nitrogens is 2. The smallest absolute Gasteiger partial charge is 0.213 e. The highest BCUT2D eigenvalue weighted by atomic mass is 127. The van der Waals surface area contributed by atoms with E-state index >= 15 is 0 Å². The van der Waals surface area contributed by atoms with Gasteiger partial charge in [-0.2, -0.15) is 9.13 Å². The maximum absolute atomic E-state index is 4.50. The molecule has 1 aliphatic rings. The SMILES string of the molecule is C.C(Cc1ccccc1)=Nc1ccccc1.CCN1C=C/C(=C/C=C/c2cc[n+](CC)c3ccccc23)c2ccccc21.CC[n+]1ccc(C)c2ccccc21.[B][B][B].[I-].[I-]. The summed E-state index contributed by atoms with van der Waals surface area (Å²) >= 11 is 0. The van der Waals surface area contributed by atoms with E-state index in [0.29, 0.717) is 0 Å². The van der Waals surface area contributed by atoms with Crippen LogP contribution >= 0.6 is 0 Å². The molecule has 4 nitrogen and oxygen atoms in total. The Hall–Kier alpha value is -4.74. The minimum atomic E-state index is 0. The Labute approximate surface area is 403 Å². The Morgan fingerprint density at radius 1 is 0.656 bits per heavy atom. The molecule has 8 rings (SSSR count). The fourth-order valence-corrected chi connectivity index (χ4v) is 6.80. The zero-order valence-electron chi connectivity index (χ0n) is 35.1. The average molecular weight is 1020 g/mol. The van der Waals surface area contributed by atoms with Crippen molar-refractivity contribution >= 4 is 73.6 Å². The number of aliphatic imine (C=N–C) groups is 1. The summed E-state index contributed by atoms with van der Waals surface area (Å²) in [4.78, 5) is 6.66. The highest BCUT2D eigenvalue weighted by Crippen LogP contribution is 2.32. The molecule has 3 heterocycles. The van der Waals surface area contributed by atoms with E-state index in [9.17, 15) is 0 Å². The zero-order chi connectivity index (χ0) is 41.0. The molecule has 0 fully saturated rings. The number of para-hydroxylation sites is 4. The van der Waals surface area contributed by atoms with Crippen molar-refractivity contribution in [1.29, 1.82) is 0 Å². The van der Waals surface area contributed by atoms with Gasteiger partial charge in [-0.15, -0.1) is 0 Å². The molecule has 1 aliphatic heterocycles. The molecule has 0 spiro atoms. The summed E-state index contributed by atoms with van der Waals surface area (Å²) in [6, 6.07) is 50.4. The van der Waals surface area contributed by atoms with Gasteiger partial charge in [0.05, 0.1) is 11.1 Å². The number of anilines is 1. The second-order valence-corrected chi connectivity index (χ2v) is 13.5. The summed E-state index contributed by atoms with van der Waals surface area (Å²) in [5.41, 5.74) is 11.3. The lowest BCUT2D eigenvalue weighted by Gasteiger charge is -2.26. The van der Waals surface area contributed by atoms with E-state index in [1.807, 2.05) is 54.7 Å². The number of hydrogen-bond acceptors (Lipinski definition) is 2. The molecular weight excluding hydrogens is 967 g/mol. The van der Waals surface area contributed by atoms with Crippen molar-refractivity contribution in [3.8, 4) is 0 Å². The molecule has 5 radical (unpaired) electrons. The Bertz CT molecular complexity index is 2470. The number of hydrogen-bond donors (Lipinski definition) is 0. The summed E-state index contributed by atoms with van der Waals surface area (Å²) in [6.07, 6.45) is 18.1. The van der Waals surface area contributed by atoms with Gasteiger partial charge in [-0.05, 0) is 86.4 Å². The molecule has 2 aromatic heterocycles. The van der Waals surface area contributed by atoms with Crippen LogP contribution in [0.4, 0.5) is 11.4 Å². The number of aryl methyl sites for hydroxylation is 3. The van der Waals surface area contributed by atoms with E-state index in [1.54, 1.807) is 0 Å². The predicted octanol–water partition coefficient (Wildman–Crippen LogP) is 5.19. The number of halogens is 2. The van der Waals surface area contributed by atoms with E-state index in [-0.39, 0.29) is 55.4 Å². The molecule has 61 heavy (non-hydrogen) atoms. The van der Waals surface area contributed by atoms with Gasteiger partial charge in [0.1, 0.15) is 13.1 Å². The molecule has 0 bridgehead atoms. The molecular formula is C52H56B3I2N4. The lowest BCUT2D eigenvalue weighted by atomic mass is 9.40. The van der Waals surface area contributed by atoms with E-state index in [1.165, 1.54) is 55.3 Å². The normalized spacial score (nSPS) is 11.7. The van der Waals surface area contributed by atoms with Crippen LogP contribution in [0.3, 0.4) is 0 Å². The molecule has 0 unspecified atom stereocenters. The van der Waals surface area contributed by atoms with Crippen LogP contribution in [-0.2, 0) is 19.5 Å². The Kier molecular flexibility index (Phi) is 24.7. The van der Waals surface area contributed by atoms with Gasteiger partial charge >= 0.3 is 0 Å². The van der Waals surface area contributed by atoms with Crippen molar-refractivity contribution < 1.29 is 57.1 Å². The van der Waals surface area contributed by atoms with Gasteiger partial charge in [0.25, 0.3) is 0 Å². The van der Waals surface area contributed by atoms with Gasteiger partial charge in [0.15, 0.2) is 12.4 Å². The maximum atomic E-state index is 4.50. The third-order valence-corrected chi connectivity index (χ3v) is 9.80. The van der Waals surface area contributed by atoms with E-state index in [2.05, 4.69) is 202 Å². The second kappa shape index (κ2) is 28.7. The molecule has 9 heteroatoms.